The van der Waals surface area contributed by atoms with Gasteiger partial charge in [0.2, 0.25) is 0 Å². The van der Waals surface area contributed by atoms with Crippen LogP contribution in [0.3, 0.4) is 0 Å². The third-order valence-electron chi connectivity index (χ3n) is 9.19. The van der Waals surface area contributed by atoms with Gasteiger partial charge in [-0.25, -0.2) is 4.98 Å². The van der Waals surface area contributed by atoms with Crippen LogP contribution in [0, 0.1) is 23.8 Å². The quantitative estimate of drug-likeness (QED) is 0.0817. The zero-order valence-electron chi connectivity index (χ0n) is 30.7. The van der Waals surface area contributed by atoms with Crippen molar-refractivity contribution in [2.75, 3.05) is 0 Å². The van der Waals surface area contributed by atoms with Crippen LogP contribution in [0.2, 0.25) is 0 Å². The molecule has 49 heavy (non-hydrogen) atoms. The normalized spacial score (nSPS) is 12.0. The molecule has 6 heteroatoms. The number of thiophene rings is 1. The Kier molecular flexibility index (Phi) is 14.9. The summed E-state index contributed by atoms with van der Waals surface area (Å²) >= 11 is 1.82. The Balaban J connectivity index is 0.000000347. The molecule has 0 bridgehead atoms. The van der Waals surface area contributed by atoms with Crippen molar-refractivity contribution in [3.8, 4) is 22.5 Å². The monoisotopic (exact) mass is 854 g/mol. The van der Waals surface area contributed by atoms with E-state index in [0.717, 1.165) is 60.0 Å². The summed E-state index contributed by atoms with van der Waals surface area (Å²) in [4.78, 5) is 21.0. The van der Waals surface area contributed by atoms with E-state index >= 15 is 0 Å². The molecule has 0 atom stereocenters. The van der Waals surface area contributed by atoms with Gasteiger partial charge in [0.05, 0.1) is 11.5 Å². The fourth-order valence-electron chi connectivity index (χ4n) is 6.27. The maximum atomic E-state index is 11.7. The number of hydrogen-bond acceptors (Lipinski definition) is 5. The van der Waals surface area contributed by atoms with Crippen molar-refractivity contribution in [1.29, 1.82) is 0 Å². The zero-order valence-corrected chi connectivity index (χ0v) is 33.9. The zero-order chi connectivity index (χ0) is 35.0. The van der Waals surface area contributed by atoms with Gasteiger partial charge in [0.1, 0.15) is 6.33 Å². The second kappa shape index (κ2) is 18.2. The summed E-state index contributed by atoms with van der Waals surface area (Å²) in [7, 11) is 0. The van der Waals surface area contributed by atoms with Gasteiger partial charge in [-0.15, -0.1) is 40.5 Å². The first-order valence-corrected chi connectivity index (χ1v) is 18.5. The standard InChI is InChI=1S/C30H29N2S.C13H24O2.Ir/c1-19(2)12-23-17-33-29-15-21(10-11-25(23)29)27-16-28(32-18-31-27)22-13-20-8-6-7-9-24(20)26(14-22)30(3,4)5;1-5-10(6-2)12(14)9-13(15)11(7-3)8-4;/h6-11,14-19H,12H2,1-5H3;9-11,14H,5-8H2,1-4H3;/q-1;;/b;12-9-;. The van der Waals surface area contributed by atoms with Crippen molar-refractivity contribution in [1.82, 2.24) is 9.97 Å². The Morgan fingerprint density at radius 1 is 0.878 bits per heavy atom. The summed E-state index contributed by atoms with van der Waals surface area (Å²) in [5.74, 6) is 1.20. The summed E-state index contributed by atoms with van der Waals surface area (Å²) in [5, 5.41) is 15.8. The summed E-state index contributed by atoms with van der Waals surface area (Å²) in [6, 6.07) is 23.1. The van der Waals surface area contributed by atoms with E-state index in [0.29, 0.717) is 5.92 Å². The number of carbonyl (C=O) groups excluding carboxylic acids is 1. The molecule has 1 N–H and O–H groups in total. The Labute approximate surface area is 311 Å². The average molecular weight is 854 g/mol. The van der Waals surface area contributed by atoms with Crippen LogP contribution in [0.4, 0.5) is 0 Å². The number of benzene rings is 3. The van der Waals surface area contributed by atoms with Gasteiger partial charge in [0.15, 0.2) is 5.78 Å². The van der Waals surface area contributed by atoms with E-state index in [1.807, 2.05) is 39.0 Å². The van der Waals surface area contributed by atoms with Gasteiger partial charge in [-0.3, -0.25) is 9.78 Å². The number of fused-ring (bicyclic) bond motifs is 2. The van der Waals surface area contributed by atoms with E-state index in [1.54, 1.807) is 6.33 Å². The smallest absolute Gasteiger partial charge is 0.162 e. The van der Waals surface area contributed by atoms with Gasteiger partial charge in [-0.05, 0) is 71.9 Å². The molecule has 0 aliphatic heterocycles. The molecular weight excluding hydrogens is 801 g/mol. The summed E-state index contributed by atoms with van der Waals surface area (Å²) < 4.78 is 1.32. The minimum Gasteiger partial charge on any atom is -0.512 e. The van der Waals surface area contributed by atoms with E-state index in [-0.39, 0.29) is 48.9 Å². The second-order valence-corrected chi connectivity index (χ2v) is 15.2. The first-order chi connectivity index (χ1) is 22.9. The molecule has 0 saturated carbocycles. The number of ketones is 1. The summed E-state index contributed by atoms with van der Waals surface area (Å²) in [6.07, 6.45) is 7.70. The van der Waals surface area contributed by atoms with Crippen LogP contribution in [0.5, 0.6) is 0 Å². The number of aromatic nitrogens is 2. The van der Waals surface area contributed by atoms with E-state index in [2.05, 4.69) is 111 Å². The molecule has 0 aliphatic carbocycles. The number of hydrogen-bond donors (Lipinski definition) is 1. The van der Waals surface area contributed by atoms with Gasteiger partial charge in [0.25, 0.3) is 0 Å². The molecular formula is C43H53IrN2O2S-. The van der Waals surface area contributed by atoms with Crippen LogP contribution in [-0.2, 0) is 36.7 Å². The number of rotatable bonds is 11. The van der Waals surface area contributed by atoms with Crippen molar-refractivity contribution < 1.29 is 30.0 Å². The van der Waals surface area contributed by atoms with Crippen LogP contribution in [-0.4, -0.2) is 20.9 Å². The topological polar surface area (TPSA) is 63.1 Å². The summed E-state index contributed by atoms with van der Waals surface area (Å²) in [5.41, 5.74) is 6.77. The minimum atomic E-state index is 0. The number of carbonyl (C=O) groups is 1. The van der Waals surface area contributed by atoms with Gasteiger partial charge in [0, 0.05) is 54.0 Å². The van der Waals surface area contributed by atoms with Crippen LogP contribution >= 0.6 is 11.3 Å². The number of nitrogens with zero attached hydrogens (tertiary/aromatic N) is 2. The van der Waals surface area contributed by atoms with E-state index in [1.165, 1.54) is 32.7 Å². The fourth-order valence-corrected chi connectivity index (χ4v) is 7.28. The second-order valence-electron chi connectivity index (χ2n) is 14.2. The Hall–Kier alpha value is -3.18. The molecule has 0 aliphatic rings. The molecule has 2 heterocycles. The average Bonchev–Trinajstić information content (AvgIpc) is 3.46. The van der Waals surface area contributed by atoms with Crippen LogP contribution in [0.1, 0.15) is 99.1 Å². The first kappa shape index (κ1) is 40.3. The molecule has 0 unspecified atom stereocenters. The molecule has 0 spiro atoms. The van der Waals surface area contributed by atoms with Crippen LogP contribution in [0.25, 0.3) is 43.4 Å². The number of aliphatic hydroxyl groups excluding tert-OH is 1. The predicted octanol–water partition coefficient (Wildman–Crippen LogP) is 12.3. The van der Waals surface area contributed by atoms with Gasteiger partial charge in [-0.1, -0.05) is 104 Å². The molecule has 5 rings (SSSR count). The van der Waals surface area contributed by atoms with Crippen LogP contribution in [0.15, 0.2) is 78.1 Å². The van der Waals surface area contributed by atoms with Crippen molar-refractivity contribution in [2.24, 2.45) is 17.8 Å². The van der Waals surface area contributed by atoms with Gasteiger partial charge < -0.3 is 5.11 Å². The Morgan fingerprint density at radius 2 is 1.53 bits per heavy atom. The molecule has 0 amide bonds. The van der Waals surface area contributed by atoms with Crippen molar-refractivity contribution in [3.63, 3.8) is 0 Å². The van der Waals surface area contributed by atoms with E-state index in [4.69, 9.17) is 0 Å². The molecule has 3 aromatic carbocycles. The molecule has 4 nitrogen and oxygen atoms in total. The van der Waals surface area contributed by atoms with Gasteiger partial charge in [-0.2, -0.15) is 0 Å². The minimum absolute atomic E-state index is 0. The third kappa shape index (κ3) is 10.2. The maximum Gasteiger partial charge on any atom is 0.162 e. The Morgan fingerprint density at radius 3 is 2.16 bits per heavy atom. The van der Waals surface area contributed by atoms with Crippen molar-refractivity contribution in [3.05, 3.63) is 95.3 Å². The molecule has 0 saturated heterocycles. The van der Waals surface area contributed by atoms with Crippen molar-refractivity contribution >= 4 is 38.0 Å². The van der Waals surface area contributed by atoms with Crippen LogP contribution < -0.4 is 0 Å². The van der Waals surface area contributed by atoms with Crippen molar-refractivity contribution in [2.45, 2.75) is 99.8 Å². The number of aliphatic hydroxyl groups is 1. The largest absolute Gasteiger partial charge is 0.512 e. The van der Waals surface area contributed by atoms with Gasteiger partial charge >= 0.3 is 0 Å². The first-order valence-electron chi connectivity index (χ1n) is 17.6. The predicted molar refractivity (Wildman–Crippen MR) is 206 cm³/mol. The molecule has 263 valence electrons. The van der Waals surface area contributed by atoms with E-state index in [9.17, 15) is 9.90 Å². The molecule has 1 radical (unpaired) electrons. The Bertz CT molecular complexity index is 1860. The molecule has 2 aromatic heterocycles. The molecule has 0 fully saturated rings. The number of allylic oxidation sites excluding steroid dienone is 2. The fraction of sp³-hybridized carbons (Fsp3) is 0.419. The third-order valence-corrected chi connectivity index (χ3v) is 10.2. The summed E-state index contributed by atoms with van der Waals surface area (Å²) in [6.45, 7) is 19.4. The SMILES string of the molecule is CC(C)Cc1csc2cc(-c3cc(-c4[c-]c5ccccc5c(C(C)(C)C)c4)ncn3)ccc12.CCC(CC)C(=O)/C=C(\O)C(CC)CC.[Ir]. The maximum absolute atomic E-state index is 11.7. The van der Waals surface area contributed by atoms with E-state index < -0.39 is 0 Å². The molecule has 5 aromatic rings.